The Balaban J connectivity index is 4.19. The van der Waals surface area contributed by atoms with Crippen LogP contribution in [0.15, 0.2) is 0 Å². The van der Waals surface area contributed by atoms with Crippen molar-refractivity contribution < 1.29 is 19.4 Å². The van der Waals surface area contributed by atoms with Gasteiger partial charge in [0.1, 0.15) is 6.04 Å². The molecular weight excluding hydrogens is 236 g/mol. The first-order valence-electron chi connectivity index (χ1n) is 6.14. The maximum atomic E-state index is 11.6. The monoisotopic (exact) mass is 260 g/mol. The summed E-state index contributed by atoms with van der Waals surface area (Å²) < 4.78 is 4.81. The van der Waals surface area contributed by atoms with Crippen LogP contribution in [0.4, 0.5) is 0 Å². The predicted molar refractivity (Wildman–Crippen MR) is 68.4 cm³/mol. The van der Waals surface area contributed by atoms with Crippen molar-refractivity contribution in [1.29, 1.82) is 0 Å². The highest BCUT2D eigenvalue weighted by molar-refractivity contribution is 5.82. The number of nitrogens with one attached hydrogen (secondary N) is 2. The average Bonchev–Trinajstić information content (AvgIpc) is 2.27. The number of rotatable bonds is 9. The largest absolute Gasteiger partial charge is 0.480 e. The van der Waals surface area contributed by atoms with E-state index in [1.165, 1.54) is 0 Å². The zero-order chi connectivity index (χ0) is 14.1. The first-order chi connectivity index (χ1) is 8.38. The van der Waals surface area contributed by atoms with Crippen LogP contribution in [0.3, 0.4) is 0 Å². The topological polar surface area (TPSA) is 87.7 Å². The van der Waals surface area contributed by atoms with E-state index < -0.39 is 18.1 Å². The molecule has 0 aromatic carbocycles. The minimum absolute atomic E-state index is 0.220. The number of hydrogen-bond acceptors (Lipinski definition) is 4. The highest BCUT2D eigenvalue weighted by Crippen LogP contribution is 2.05. The van der Waals surface area contributed by atoms with E-state index in [0.29, 0.717) is 19.6 Å². The summed E-state index contributed by atoms with van der Waals surface area (Å²) in [6.07, 6.45) is 0.491. The van der Waals surface area contributed by atoms with Crippen molar-refractivity contribution in [2.75, 3.05) is 20.3 Å². The molecule has 0 fully saturated rings. The molecule has 0 heterocycles. The number of carboxylic acid groups (broad SMARTS) is 1. The Hall–Kier alpha value is -1.14. The van der Waals surface area contributed by atoms with Crippen molar-refractivity contribution in [2.24, 2.45) is 5.92 Å². The molecule has 0 saturated heterocycles. The van der Waals surface area contributed by atoms with Gasteiger partial charge in [-0.15, -0.1) is 0 Å². The molecule has 18 heavy (non-hydrogen) atoms. The highest BCUT2D eigenvalue weighted by atomic mass is 16.5. The molecule has 2 atom stereocenters. The minimum Gasteiger partial charge on any atom is -0.480 e. The molecule has 0 saturated carbocycles. The van der Waals surface area contributed by atoms with E-state index in [9.17, 15) is 9.59 Å². The van der Waals surface area contributed by atoms with E-state index in [0.717, 1.165) is 0 Å². The van der Waals surface area contributed by atoms with Crippen molar-refractivity contribution >= 4 is 11.9 Å². The molecule has 0 aromatic rings. The molecule has 6 heteroatoms. The Morgan fingerprint density at radius 3 is 2.33 bits per heavy atom. The van der Waals surface area contributed by atoms with Gasteiger partial charge in [0.15, 0.2) is 0 Å². The number of carbonyl (C=O) groups is 2. The van der Waals surface area contributed by atoms with Crippen molar-refractivity contribution in [3.63, 3.8) is 0 Å². The smallest absolute Gasteiger partial charge is 0.320 e. The third kappa shape index (κ3) is 7.24. The standard InChI is InChI=1S/C12H24N2O4/c1-8(2)7-10(12(16)17)14-9(3)11(15)13-5-6-18-4/h8-10,14H,5-7H2,1-4H3,(H,13,15)(H,16,17). The second-order valence-corrected chi connectivity index (χ2v) is 4.69. The summed E-state index contributed by atoms with van der Waals surface area (Å²) in [5, 5.41) is 14.5. The molecule has 106 valence electrons. The Kier molecular flexibility index (Phi) is 8.32. The second kappa shape index (κ2) is 8.88. The molecule has 0 spiro atoms. The average molecular weight is 260 g/mol. The fourth-order valence-corrected chi connectivity index (χ4v) is 1.52. The van der Waals surface area contributed by atoms with Crippen LogP contribution in [0.2, 0.25) is 0 Å². The van der Waals surface area contributed by atoms with Gasteiger partial charge < -0.3 is 15.2 Å². The van der Waals surface area contributed by atoms with Crippen LogP contribution in [0.5, 0.6) is 0 Å². The van der Waals surface area contributed by atoms with E-state index >= 15 is 0 Å². The van der Waals surface area contributed by atoms with E-state index in [2.05, 4.69) is 10.6 Å². The van der Waals surface area contributed by atoms with Crippen LogP contribution < -0.4 is 10.6 Å². The quantitative estimate of drug-likeness (QED) is 0.516. The Labute approximate surface area is 108 Å². The SMILES string of the molecule is COCCNC(=O)C(C)NC(CC(C)C)C(=O)O. The lowest BCUT2D eigenvalue weighted by atomic mass is 10.0. The number of hydrogen-bond donors (Lipinski definition) is 3. The molecule has 0 radical (unpaired) electrons. The van der Waals surface area contributed by atoms with Crippen LogP contribution in [0.25, 0.3) is 0 Å². The van der Waals surface area contributed by atoms with Gasteiger partial charge in [-0.05, 0) is 19.3 Å². The Morgan fingerprint density at radius 1 is 1.28 bits per heavy atom. The Morgan fingerprint density at radius 2 is 1.89 bits per heavy atom. The predicted octanol–water partition coefficient (Wildman–Crippen LogP) is 0.226. The van der Waals surface area contributed by atoms with Crippen molar-refractivity contribution in [2.45, 2.75) is 39.3 Å². The maximum absolute atomic E-state index is 11.6. The summed E-state index contributed by atoms with van der Waals surface area (Å²) in [6.45, 7) is 6.40. The maximum Gasteiger partial charge on any atom is 0.320 e. The zero-order valence-corrected chi connectivity index (χ0v) is 11.5. The second-order valence-electron chi connectivity index (χ2n) is 4.69. The van der Waals surface area contributed by atoms with Gasteiger partial charge in [-0.2, -0.15) is 0 Å². The first-order valence-corrected chi connectivity index (χ1v) is 6.14. The molecule has 0 aromatic heterocycles. The molecule has 0 aliphatic heterocycles. The van der Waals surface area contributed by atoms with Crippen molar-refractivity contribution in [3.05, 3.63) is 0 Å². The normalized spacial score (nSPS) is 14.3. The number of carboxylic acids is 1. The molecular formula is C12H24N2O4. The van der Waals surface area contributed by atoms with Crippen molar-refractivity contribution in [1.82, 2.24) is 10.6 Å². The van der Waals surface area contributed by atoms with Gasteiger partial charge in [0.25, 0.3) is 0 Å². The summed E-state index contributed by atoms with van der Waals surface area (Å²) in [4.78, 5) is 22.7. The van der Waals surface area contributed by atoms with Crippen LogP contribution >= 0.6 is 0 Å². The molecule has 0 aliphatic carbocycles. The van der Waals surface area contributed by atoms with Gasteiger partial charge in [0, 0.05) is 13.7 Å². The van der Waals surface area contributed by atoms with Gasteiger partial charge in [-0.25, -0.2) is 0 Å². The van der Waals surface area contributed by atoms with E-state index in [4.69, 9.17) is 9.84 Å². The molecule has 1 amide bonds. The van der Waals surface area contributed by atoms with E-state index in [1.54, 1.807) is 14.0 Å². The lowest BCUT2D eigenvalue weighted by molar-refractivity contribution is -0.140. The summed E-state index contributed by atoms with van der Waals surface area (Å²) >= 11 is 0. The summed E-state index contributed by atoms with van der Waals surface area (Å²) in [7, 11) is 1.55. The lowest BCUT2D eigenvalue weighted by Gasteiger charge is -2.21. The third-order valence-corrected chi connectivity index (χ3v) is 2.46. The van der Waals surface area contributed by atoms with Gasteiger partial charge >= 0.3 is 5.97 Å². The minimum atomic E-state index is -0.930. The fraction of sp³-hybridized carbons (Fsp3) is 0.833. The van der Waals surface area contributed by atoms with Crippen LogP contribution in [0, 0.1) is 5.92 Å². The molecule has 0 rings (SSSR count). The van der Waals surface area contributed by atoms with Crippen LogP contribution in [-0.4, -0.2) is 49.3 Å². The molecule has 3 N–H and O–H groups in total. The third-order valence-electron chi connectivity index (χ3n) is 2.46. The lowest BCUT2D eigenvalue weighted by Crippen LogP contribution is -2.50. The van der Waals surface area contributed by atoms with Gasteiger partial charge in [-0.1, -0.05) is 13.8 Å². The van der Waals surface area contributed by atoms with Crippen molar-refractivity contribution in [3.8, 4) is 0 Å². The van der Waals surface area contributed by atoms with Crippen LogP contribution in [-0.2, 0) is 14.3 Å². The molecule has 6 nitrogen and oxygen atoms in total. The molecule has 0 bridgehead atoms. The number of carbonyl (C=O) groups excluding carboxylic acids is 1. The number of aliphatic carboxylic acids is 1. The Bertz CT molecular complexity index is 269. The fourth-order valence-electron chi connectivity index (χ4n) is 1.52. The molecule has 0 aliphatic rings. The molecule has 2 unspecified atom stereocenters. The first kappa shape index (κ1) is 16.9. The number of amides is 1. The van der Waals surface area contributed by atoms with Crippen LogP contribution in [0.1, 0.15) is 27.2 Å². The highest BCUT2D eigenvalue weighted by Gasteiger charge is 2.23. The summed E-state index contributed by atoms with van der Waals surface area (Å²) in [5.41, 5.74) is 0. The summed E-state index contributed by atoms with van der Waals surface area (Å²) in [6, 6.07) is -1.24. The zero-order valence-electron chi connectivity index (χ0n) is 11.5. The van der Waals surface area contributed by atoms with Gasteiger partial charge in [-0.3, -0.25) is 14.9 Å². The van der Waals surface area contributed by atoms with Gasteiger partial charge in [0.2, 0.25) is 5.91 Å². The number of ether oxygens (including phenoxy) is 1. The summed E-state index contributed by atoms with van der Waals surface area (Å²) in [5.74, 6) is -0.898. The van der Waals surface area contributed by atoms with Gasteiger partial charge in [0.05, 0.1) is 12.6 Å². The van der Waals surface area contributed by atoms with E-state index in [1.807, 2.05) is 13.8 Å². The van der Waals surface area contributed by atoms with E-state index in [-0.39, 0.29) is 11.8 Å². The number of methoxy groups -OCH3 is 1.